The Labute approximate surface area is 141 Å². The predicted octanol–water partition coefficient (Wildman–Crippen LogP) is 3.77. The van der Waals surface area contributed by atoms with Crippen LogP contribution in [0.15, 0.2) is 60.5 Å². The third-order valence-corrected chi connectivity index (χ3v) is 3.88. The van der Waals surface area contributed by atoms with Gasteiger partial charge in [0, 0.05) is 12.3 Å². The quantitative estimate of drug-likeness (QED) is 0.676. The number of thioether (sulfide) groups is 1. The van der Waals surface area contributed by atoms with E-state index in [4.69, 9.17) is 0 Å². The van der Waals surface area contributed by atoms with Crippen molar-refractivity contribution in [3.8, 4) is 5.75 Å². The SMILES string of the molecule is C=C(/C=C(F)\C=C/C)CSCC(=O)NCCc1cccc(O)c1. The minimum absolute atomic E-state index is 0.0686. The molecule has 5 heteroatoms. The van der Waals surface area contributed by atoms with Crippen molar-refractivity contribution in [2.75, 3.05) is 18.1 Å². The van der Waals surface area contributed by atoms with Crippen molar-refractivity contribution in [1.29, 1.82) is 0 Å². The molecule has 0 heterocycles. The Hall–Kier alpha value is -2.01. The molecular weight excluding hydrogens is 313 g/mol. The van der Waals surface area contributed by atoms with E-state index in [1.807, 2.05) is 6.07 Å². The van der Waals surface area contributed by atoms with Gasteiger partial charge in [0.05, 0.1) is 5.75 Å². The summed E-state index contributed by atoms with van der Waals surface area (Å²) in [5.41, 5.74) is 1.61. The number of phenols is 1. The fourth-order valence-corrected chi connectivity index (χ4v) is 2.56. The number of hydrogen-bond donors (Lipinski definition) is 2. The van der Waals surface area contributed by atoms with Gasteiger partial charge < -0.3 is 10.4 Å². The van der Waals surface area contributed by atoms with Gasteiger partial charge in [-0.2, -0.15) is 0 Å². The number of carbonyl (C=O) groups excluding carboxylic acids is 1. The normalized spacial score (nSPS) is 11.7. The van der Waals surface area contributed by atoms with Gasteiger partial charge in [0.1, 0.15) is 11.6 Å². The van der Waals surface area contributed by atoms with E-state index in [1.54, 1.807) is 31.2 Å². The summed E-state index contributed by atoms with van der Waals surface area (Å²) in [5, 5.41) is 12.2. The molecule has 1 aromatic rings. The molecule has 0 radical (unpaired) electrons. The van der Waals surface area contributed by atoms with Crippen molar-refractivity contribution in [2.45, 2.75) is 13.3 Å². The molecule has 1 aromatic carbocycles. The highest BCUT2D eigenvalue weighted by molar-refractivity contribution is 8.00. The zero-order valence-electron chi connectivity index (χ0n) is 13.2. The highest BCUT2D eigenvalue weighted by Gasteiger charge is 2.02. The molecule has 0 unspecified atom stereocenters. The van der Waals surface area contributed by atoms with E-state index in [9.17, 15) is 14.3 Å². The van der Waals surface area contributed by atoms with Crippen LogP contribution in [0.2, 0.25) is 0 Å². The van der Waals surface area contributed by atoms with Gasteiger partial charge >= 0.3 is 0 Å². The fraction of sp³-hybridized carbons (Fsp3) is 0.278. The molecule has 1 rings (SSSR count). The van der Waals surface area contributed by atoms with Crippen LogP contribution in [0.1, 0.15) is 12.5 Å². The third-order valence-electron chi connectivity index (χ3n) is 2.83. The third kappa shape index (κ3) is 8.88. The minimum atomic E-state index is -0.339. The van der Waals surface area contributed by atoms with Crippen molar-refractivity contribution >= 4 is 17.7 Å². The van der Waals surface area contributed by atoms with Crippen LogP contribution < -0.4 is 5.32 Å². The van der Waals surface area contributed by atoms with Crippen LogP contribution in [0.5, 0.6) is 5.75 Å². The van der Waals surface area contributed by atoms with Crippen LogP contribution >= 0.6 is 11.8 Å². The molecule has 1 amide bonds. The summed E-state index contributed by atoms with van der Waals surface area (Å²) in [7, 11) is 0. The Morgan fingerprint density at radius 1 is 1.43 bits per heavy atom. The second kappa shape index (κ2) is 10.7. The Morgan fingerprint density at radius 3 is 2.91 bits per heavy atom. The largest absolute Gasteiger partial charge is 0.508 e. The number of nitrogens with one attached hydrogen (secondary N) is 1. The summed E-state index contributed by atoms with van der Waals surface area (Å²) in [5.74, 6) is 0.624. The molecule has 2 N–H and O–H groups in total. The Balaban J connectivity index is 2.20. The number of hydrogen-bond acceptors (Lipinski definition) is 3. The van der Waals surface area contributed by atoms with Gasteiger partial charge in [0.25, 0.3) is 0 Å². The predicted molar refractivity (Wildman–Crippen MR) is 95.3 cm³/mol. The number of benzene rings is 1. The van der Waals surface area contributed by atoms with E-state index in [0.717, 1.165) is 5.56 Å². The van der Waals surface area contributed by atoms with E-state index in [1.165, 1.54) is 23.9 Å². The van der Waals surface area contributed by atoms with E-state index in [-0.39, 0.29) is 17.5 Å². The summed E-state index contributed by atoms with van der Waals surface area (Å²) >= 11 is 1.39. The number of carbonyl (C=O) groups is 1. The van der Waals surface area contributed by atoms with Gasteiger partial charge in [-0.15, -0.1) is 11.8 Å². The van der Waals surface area contributed by atoms with Gasteiger partial charge in [-0.25, -0.2) is 4.39 Å². The first kappa shape index (κ1) is 19.0. The Morgan fingerprint density at radius 2 is 2.22 bits per heavy atom. The molecule has 0 fully saturated rings. The Kier molecular flexibility index (Phi) is 8.83. The maximum absolute atomic E-state index is 13.2. The molecule has 0 aromatic heterocycles. The first-order chi connectivity index (χ1) is 11.0. The zero-order chi connectivity index (χ0) is 17.1. The molecule has 0 aliphatic carbocycles. The first-order valence-electron chi connectivity index (χ1n) is 7.31. The lowest BCUT2D eigenvalue weighted by atomic mass is 10.1. The molecular formula is C18H22FNO2S. The number of amides is 1. The summed E-state index contributed by atoms with van der Waals surface area (Å²) in [6.45, 7) is 6.01. The standard InChI is InChI=1S/C18H22FNO2S/c1-3-5-16(19)10-14(2)12-23-13-18(22)20-9-8-15-6-4-7-17(21)11-15/h3-7,10-11,21H,2,8-9,12-13H2,1H3,(H,20,22)/b5-3-,16-10+. The summed E-state index contributed by atoms with van der Waals surface area (Å²) in [6.07, 6.45) is 5.01. The monoisotopic (exact) mass is 335 g/mol. The molecule has 0 atom stereocenters. The molecule has 3 nitrogen and oxygen atoms in total. The van der Waals surface area contributed by atoms with Gasteiger partial charge in [-0.05, 0) is 48.8 Å². The van der Waals surface area contributed by atoms with Crippen LogP contribution in [-0.4, -0.2) is 29.1 Å². The fourth-order valence-electron chi connectivity index (χ4n) is 1.83. The number of allylic oxidation sites excluding steroid dienone is 4. The van der Waals surface area contributed by atoms with Crippen LogP contribution in [0.25, 0.3) is 0 Å². The van der Waals surface area contributed by atoms with E-state index in [0.29, 0.717) is 30.0 Å². The molecule has 0 saturated heterocycles. The molecule has 0 aliphatic rings. The molecule has 124 valence electrons. The maximum atomic E-state index is 13.2. The lowest BCUT2D eigenvalue weighted by Gasteiger charge is -2.06. The van der Waals surface area contributed by atoms with Crippen molar-refractivity contribution in [2.24, 2.45) is 0 Å². The van der Waals surface area contributed by atoms with Crippen molar-refractivity contribution in [3.63, 3.8) is 0 Å². The van der Waals surface area contributed by atoms with Gasteiger partial charge in [0.2, 0.25) is 5.91 Å². The zero-order valence-corrected chi connectivity index (χ0v) is 14.0. The minimum Gasteiger partial charge on any atom is -0.508 e. The first-order valence-corrected chi connectivity index (χ1v) is 8.46. The van der Waals surface area contributed by atoms with E-state index >= 15 is 0 Å². The Bertz CT molecular complexity index is 596. The average Bonchev–Trinajstić information content (AvgIpc) is 2.47. The summed E-state index contributed by atoms with van der Waals surface area (Å²) < 4.78 is 13.2. The molecule has 0 spiro atoms. The smallest absolute Gasteiger partial charge is 0.230 e. The van der Waals surface area contributed by atoms with E-state index in [2.05, 4.69) is 11.9 Å². The van der Waals surface area contributed by atoms with Crippen molar-refractivity contribution in [3.05, 3.63) is 66.0 Å². The number of halogens is 1. The van der Waals surface area contributed by atoms with Crippen molar-refractivity contribution in [1.82, 2.24) is 5.32 Å². The molecule has 23 heavy (non-hydrogen) atoms. The summed E-state index contributed by atoms with van der Waals surface area (Å²) in [6, 6.07) is 6.96. The lowest BCUT2D eigenvalue weighted by molar-refractivity contribution is -0.118. The topological polar surface area (TPSA) is 49.3 Å². The number of rotatable bonds is 9. The van der Waals surface area contributed by atoms with Crippen LogP contribution in [0.3, 0.4) is 0 Å². The molecule has 0 bridgehead atoms. The second-order valence-electron chi connectivity index (χ2n) is 4.95. The van der Waals surface area contributed by atoms with Gasteiger partial charge in [-0.1, -0.05) is 24.8 Å². The van der Waals surface area contributed by atoms with Crippen LogP contribution in [0, 0.1) is 0 Å². The number of aromatic hydroxyl groups is 1. The van der Waals surface area contributed by atoms with Crippen LogP contribution in [-0.2, 0) is 11.2 Å². The average molecular weight is 335 g/mol. The lowest BCUT2D eigenvalue weighted by Crippen LogP contribution is -2.27. The highest BCUT2D eigenvalue weighted by Crippen LogP contribution is 2.12. The van der Waals surface area contributed by atoms with Gasteiger partial charge in [-0.3, -0.25) is 4.79 Å². The number of phenolic OH excluding ortho intramolecular Hbond substituents is 1. The van der Waals surface area contributed by atoms with Gasteiger partial charge in [0.15, 0.2) is 0 Å². The second-order valence-corrected chi connectivity index (χ2v) is 5.94. The summed E-state index contributed by atoms with van der Waals surface area (Å²) in [4.78, 5) is 11.7. The molecule has 0 saturated carbocycles. The molecule has 0 aliphatic heterocycles. The highest BCUT2D eigenvalue weighted by atomic mass is 32.2. The maximum Gasteiger partial charge on any atom is 0.230 e. The van der Waals surface area contributed by atoms with E-state index < -0.39 is 0 Å². The van der Waals surface area contributed by atoms with Crippen LogP contribution in [0.4, 0.5) is 4.39 Å². The van der Waals surface area contributed by atoms with Crippen molar-refractivity contribution < 1.29 is 14.3 Å².